The monoisotopic (exact) mass is 397 g/mol. The molecule has 150 valence electrons. The molecule has 7 nitrogen and oxygen atoms in total. The molecule has 2 aromatic carbocycles. The molecular weight excluding hydrogens is 379 g/mol. The third-order valence-electron chi connectivity index (χ3n) is 3.93. The highest BCUT2D eigenvalue weighted by molar-refractivity contribution is 5.85. The molecule has 0 aliphatic rings. The number of alkyl halides is 3. The van der Waals surface area contributed by atoms with E-state index in [-0.39, 0.29) is 12.2 Å². The number of nitrogens with one attached hydrogen (secondary N) is 2. The van der Waals surface area contributed by atoms with Gasteiger partial charge in [0, 0.05) is 18.2 Å². The molecule has 1 amide bonds. The van der Waals surface area contributed by atoms with E-state index in [9.17, 15) is 28.1 Å². The Morgan fingerprint density at radius 2 is 1.93 bits per heavy atom. The Balaban J connectivity index is 2.10. The number of hydrogen-bond acceptors (Lipinski definition) is 5. The number of carbonyl (C=O) groups is 1. The molecule has 28 heavy (non-hydrogen) atoms. The van der Waals surface area contributed by atoms with Crippen molar-refractivity contribution in [2.24, 2.45) is 0 Å². The molecule has 0 heterocycles. The van der Waals surface area contributed by atoms with Crippen molar-refractivity contribution >= 4 is 17.3 Å². The SMILES string of the molecule is COc1ccccc1CNC(=O)[C@H](C)Nc1ccc(C(F)(F)F)cc1[N+](=O)[O-]. The van der Waals surface area contributed by atoms with Gasteiger partial charge in [-0.25, -0.2) is 0 Å². The van der Waals surface area contributed by atoms with E-state index < -0.39 is 34.3 Å². The van der Waals surface area contributed by atoms with Crippen molar-refractivity contribution in [3.05, 3.63) is 63.7 Å². The summed E-state index contributed by atoms with van der Waals surface area (Å²) >= 11 is 0. The van der Waals surface area contributed by atoms with Gasteiger partial charge >= 0.3 is 6.18 Å². The van der Waals surface area contributed by atoms with Crippen molar-refractivity contribution in [3.8, 4) is 5.75 Å². The summed E-state index contributed by atoms with van der Waals surface area (Å²) in [4.78, 5) is 22.4. The van der Waals surface area contributed by atoms with E-state index in [0.29, 0.717) is 11.8 Å². The first-order chi connectivity index (χ1) is 13.1. The van der Waals surface area contributed by atoms with Crippen LogP contribution >= 0.6 is 0 Å². The molecule has 0 saturated heterocycles. The summed E-state index contributed by atoms with van der Waals surface area (Å²) in [5.74, 6) is 0.0990. The zero-order valence-electron chi connectivity index (χ0n) is 15.0. The Kier molecular flexibility index (Phi) is 6.45. The molecule has 0 aliphatic heterocycles. The molecule has 0 aromatic heterocycles. The standard InChI is InChI=1S/C18H18F3N3O4/c1-11(17(25)22-10-12-5-3-4-6-16(12)28-2)23-14-8-7-13(18(19,20)21)9-15(14)24(26)27/h3-9,11,23H,10H2,1-2H3,(H,22,25)/t11-/m0/s1. The van der Waals surface area contributed by atoms with E-state index in [1.807, 2.05) is 0 Å². The molecule has 10 heteroatoms. The summed E-state index contributed by atoms with van der Waals surface area (Å²) in [5, 5.41) is 16.3. The smallest absolute Gasteiger partial charge is 0.416 e. The fraction of sp³-hybridized carbons (Fsp3) is 0.278. The number of nitro benzene ring substituents is 1. The fourth-order valence-electron chi connectivity index (χ4n) is 2.46. The topological polar surface area (TPSA) is 93.5 Å². The predicted octanol–water partition coefficient (Wildman–Crippen LogP) is 3.74. The number of nitro groups is 1. The van der Waals surface area contributed by atoms with E-state index >= 15 is 0 Å². The number of para-hydroxylation sites is 1. The Hall–Kier alpha value is -3.30. The van der Waals surface area contributed by atoms with Gasteiger partial charge in [0.15, 0.2) is 0 Å². The number of carbonyl (C=O) groups excluding carboxylic acids is 1. The molecule has 0 unspecified atom stereocenters. The molecule has 2 rings (SSSR count). The normalized spacial score (nSPS) is 12.2. The van der Waals surface area contributed by atoms with Crippen molar-refractivity contribution in [1.29, 1.82) is 0 Å². The zero-order valence-corrected chi connectivity index (χ0v) is 15.0. The van der Waals surface area contributed by atoms with E-state index in [1.54, 1.807) is 24.3 Å². The second-order valence-corrected chi connectivity index (χ2v) is 5.88. The maximum Gasteiger partial charge on any atom is 0.416 e. The molecule has 2 N–H and O–H groups in total. The minimum absolute atomic E-state index is 0.157. The van der Waals surface area contributed by atoms with Gasteiger partial charge in [-0.3, -0.25) is 14.9 Å². The number of methoxy groups -OCH3 is 1. The van der Waals surface area contributed by atoms with E-state index in [2.05, 4.69) is 10.6 Å². The van der Waals surface area contributed by atoms with Gasteiger partial charge in [0.1, 0.15) is 17.5 Å². The largest absolute Gasteiger partial charge is 0.496 e. The van der Waals surface area contributed by atoms with Crippen LogP contribution in [-0.2, 0) is 17.5 Å². The molecule has 0 radical (unpaired) electrons. The summed E-state index contributed by atoms with van der Waals surface area (Å²) in [6.07, 6.45) is -4.71. The Labute approximate surface area is 158 Å². The van der Waals surface area contributed by atoms with Gasteiger partial charge in [-0.1, -0.05) is 18.2 Å². The Morgan fingerprint density at radius 1 is 1.25 bits per heavy atom. The highest BCUT2D eigenvalue weighted by atomic mass is 19.4. The highest BCUT2D eigenvalue weighted by Gasteiger charge is 2.33. The van der Waals surface area contributed by atoms with Crippen LogP contribution in [0.3, 0.4) is 0 Å². The van der Waals surface area contributed by atoms with Crippen LogP contribution in [0.5, 0.6) is 5.75 Å². The van der Waals surface area contributed by atoms with Crippen LogP contribution in [0.2, 0.25) is 0 Å². The molecular formula is C18H18F3N3O4. The minimum atomic E-state index is -4.71. The van der Waals surface area contributed by atoms with Crippen molar-refractivity contribution < 1.29 is 27.6 Å². The number of benzene rings is 2. The van der Waals surface area contributed by atoms with Gasteiger partial charge in [0.05, 0.1) is 17.6 Å². The molecule has 0 spiro atoms. The number of rotatable bonds is 7. The van der Waals surface area contributed by atoms with Gasteiger partial charge in [0.2, 0.25) is 5.91 Å². The lowest BCUT2D eigenvalue weighted by molar-refractivity contribution is -0.384. The number of halogens is 3. The average Bonchev–Trinajstić information content (AvgIpc) is 2.65. The van der Waals surface area contributed by atoms with Crippen molar-refractivity contribution in [1.82, 2.24) is 5.32 Å². The number of nitrogens with zero attached hydrogens (tertiary/aromatic N) is 1. The van der Waals surface area contributed by atoms with Gasteiger partial charge in [-0.15, -0.1) is 0 Å². The molecule has 1 atom stereocenters. The van der Waals surface area contributed by atoms with Crippen LogP contribution in [0.4, 0.5) is 24.5 Å². The molecule has 0 aliphatic carbocycles. The van der Waals surface area contributed by atoms with Gasteiger partial charge in [-0.2, -0.15) is 13.2 Å². The number of ether oxygens (including phenoxy) is 1. The second-order valence-electron chi connectivity index (χ2n) is 5.88. The van der Waals surface area contributed by atoms with Gasteiger partial charge < -0.3 is 15.4 Å². The Bertz CT molecular complexity index is 871. The maximum absolute atomic E-state index is 12.8. The first-order valence-corrected chi connectivity index (χ1v) is 8.15. The van der Waals surface area contributed by atoms with Crippen LogP contribution in [0.15, 0.2) is 42.5 Å². The van der Waals surface area contributed by atoms with E-state index in [1.165, 1.54) is 14.0 Å². The Morgan fingerprint density at radius 3 is 2.54 bits per heavy atom. The van der Waals surface area contributed by atoms with Gasteiger partial charge in [0.25, 0.3) is 5.69 Å². The summed E-state index contributed by atoms with van der Waals surface area (Å²) in [6.45, 7) is 1.60. The molecule has 0 fully saturated rings. The van der Waals surface area contributed by atoms with Crippen LogP contribution in [0, 0.1) is 10.1 Å². The molecule has 0 bridgehead atoms. The summed E-state index contributed by atoms with van der Waals surface area (Å²) in [5.41, 5.74) is -1.36. The van der Waals surface area contributed by atoms with Crippen molar-refractivity contribution in [3.63, 3.8) is 0 Å². The fourth-order valence-corrected chi connectivity index (χ4v) is 2.46. The maximum atomic E-state index is 12.8. The lowest BCUT2D eigenvalue weighted by Crippen LogP contribution is -2.37. The lowest BCUT2D eigenvalue weighted by Gasteiger charge is -2.17. The number of hydrogen-bond donors (Lipinski definition) is 2. The average molecular weight is 397 g/mol. The zero-order chi connectivity index (χ0) is 20.9. The minimum Gasteiger partial charge on any atom is -0.496 e. The van der Waals surface area contributed by atoms with Gasteiger partial charge in [-0.05, 0) is 25.1 Å². The summed E-state index contributed by atoms with van der Waals surface area (Å²) in [7, 11) is 1.49. The van der Waals surface area contributed by atoms with Crippen LogP contribution < -0.4 is 15.4 Å². The van der Waals surface area contributed by atoms with Crippen molar-refractivity contribution in [2.45, 2.75) is 25.7 Å². The van der Waals surface area contributed by atoms with E-state index in [0.717, 1.165) is 17.7 Å². The molecule has 2 aromatic rings. The third-order valence-corrected chi connectivity index (χ3v) is 3.93. The number of amides is 1. The van der Waals surface area contributed by atoms with Crippen LogP contribution in [0.25, 0.3) is 0 Å². The van der Waals surface area contributed by atoms with Crippen LogP contribution in [-0.4, -0.2) is 24.0 Å². The van der Waals surface area contributed by atoms with Crippen molar-refractivity contribution in [2.75, 3.05) is 12.4 Å². The van der Waals surface area contributed by atoms with E-state index in [4.69, 9.17) is 4.74 Å². The third kappa shape index (κ3) is 5.12. The summed E-state index contributed by atoms with van der Waals surface area (Å²) in [6, 6.07) is 8.20. The summed E-state index contributed by atoms with van der Waals surface area (Å²) < 4.78 is 43.5. The number of anilines is 1. The predicted molar refractivity (Wildman–Crippen MR) is 96.0 cm³/mol. The quantitative estimate of drug-likeness (QED) is 0.548. The first-order valence-electron chi connectivity index (χ1n) is 8.15. The second kappa shape index (κ2) is 8.59. The first kappa shape index (κ1) is 21.0. The van der Waals surface area contributed by atoms with Crippen LogP contribution in [0.1, 0.15) is 18.1 Å². The lowest BCUT2D eigenvalue weighted by atomic mass is 10.1. The molecule has 0 saturated carbocycles. The highest BCUT2D eigenvalue weighted by Crippen LogP contribution is 2.35.